The van der Waals surface area contributed by atoms with Gasteiger partial charge >= 0.3 is 5.97 Å². The fraction of sp³-hybridized carbons (Fsp3) is 0.167. The second-order valence-corrected chi connectivity index (χ2v) is 5.52. The number of dihydropyridines is 1. The van der Waals surface area contributed by atoms with Gasteiger partial charge in [0.25, 0.3) is 5.91 Å². The van der Waals surface area contributed by atoms with Crippen LogP contribution in [0.25, 0.3) is 5.57 Å². The lowest BCUT2D eigenvalue weighted by atomic mass is 9.81. The van der Waals surface area contributed by atoms with E-state index in [0.717, 1.165) is 5.56 Å². The van der Waals surface area contributed by atoms with E-state index in [-0.39, 0.29) is 18.1 Å². The van der Waals surface area contributed by atoms with E-state index in [0.29, 0.717) is 16.3 Å². The normalized spacial score (nSPS) is 19.9. The molecule has 0 saturated heterocycles. The van der Waals surface area contributed by atoms with Crippen molar-refractivity contribution in [1.82, 2.24) is 0 Å². The van der Waals surface area contributed by atoms with Gasteiger partial charge in [0.2, 0.25) is 0 Å². The highest BCUT2D eigenvalue weighted by molar-refractivity contribution is 6.35. The number of aliphatic imine (C=N–C) groups is 1. The smallest absolute Gasteiger partial charge is 0.344 e. The van der Waals surface area contributed by atoms with Gasteiger partial charge in [-0.05, 0) is 30.2 Å². The quantitative estimate of drug-likeness (QED) is 0.632. The van der Waals surface area contributed by atoms with Crippen LogP contribution in [0.5, 0.6) is 0 Å². The van der Waals surface area contributed by atoms with Gasteiger partial charge in [0, 0.05) is 11.0 Å². The predicted octanol–water partition coefficient (Wildman–Crippen LogP) is 3.29. The molecule has 0 saturated carbocycles. The topological polar surface area (TPSA) is 55.7 Å². The predicted molar refractivity (Wildman–Crippen MR) is 89.0 cm³/mol. The van der Waals surface area contributed by atoms with Crippen LogP contribution >= 0.6 is 11.6 Å². The Balaban J connectivity index is 2.21. The zero-order valence-electron chi connectivity index (χ0n) is 12.5. The van der Waals surface area contributed by atoms with Gasteiger partial charge in [-0.2, -0.15) is 0 Å². The van der Waals surface area contributed by atoms with Gasteiger partial charge < -0.3 is 4.74 Å². The maximum atomic E-state index is 12.4. The van der Waals surface area contributed by atoms with Crippen LogP contribution in [0.15, 0.2) is 64.2 Å². The number of allylic oxidation sites excluding steroid dienone is 5. The molecule has 0 radical (unpaired) electrons. The summed E-state index contributed by atoms with van der Waals surface area (Å²) in [5.41, 5.74) is 1.91. The molecule has 1 unspecified atom stereocenters. The Bertz CT molecular complexity index is 788. The van der Waals surface area contributed by atoms with Crippen molar-refractivity contribution in [3.63, 3.8) is 0 Å². The van der Waals surface area contributed by atoms with Crippen molar-refractivity contribution in [2.24, 2.45) is 10.9 Å². The molecule has 0 bridgehead atoms. The average Bonchev–Trinajstić information content (AvgIpc) is 2.55. The largest absolute Gasteiger partial charge is 0.462 e. The molecule has 1 heterocycles. The van der Waals surface area contributed by atoms with E-state index in [9.17, 15) is 9.59 Å². The fourth-order valence-electron chi connectivity index (χ4n) is 2.69. The van der Waals surface area contributed by atoms with Gasteiger partial charge in [-0.3, -0.25) is 4.79 Å². The first-order valence-corrected chi connectivity index (χ1v) is 7.64. The number of halogens is 1. The summed E-state index contributed by atoms with van der Waals surface area (Å²) in [5, 5.41) is 0.542. The third kappa shape index (κ3) is 2.90. The maximum absolute atomic E-state index is 12.4. The highest BCUT2D eigenvalue weighted by Gasteiger charge is 2.35. The molecule has 1 aromatic rings. The molecule has 1 aromatic carbocycles. The molecule has 3 rings (SSSR count). The number of ether oxygens (including phenoxy) is 1. The van der Waals surface area contributed by atoms with Crippen molar-refractivity contribution in [2.45, 2.75) is 6.92 Å². The van der Waals surface area contributed by atoms with Gasteiger partial charge in [-0.15, -0.1) is 0 Å². The summed E-state index contributed by atoms with van der Waals surface area (Å²) in [6, 6.07) is 9.28. The maximum Gasteiger partial charge on any atom is 0.344 e. The standard InChI is InChI=1S/C18H14ClNO3/c1-2-23-18(22)16-15(11-6-4-3-5-7-11)13-10-12(19)8-9-14(13)20-17(16)21/h3-10,13H,2H2,1H3. The van der Waals surface area contributed by atoms with E-state index in [1.54, 1.807) is 25.2 Å². The van der Waals surface area contributed by atoms with Crippen LogP contribution in [0, 0.1) is 5.92 Å². The average molecular weight is 328 g/mol. The zero-order chi connectivity index (χ0) is 16.4. The number of amides is 1. The van der Waals surface area contributed by atoms with E-state index in [1.165, 1.54) is 0 Å². The molecule has 1 atom stereocenters. The Morgan fingerprint density at radius 1 is 1.26 bits per heavy atom. The molecule has 4 nitrogen and oxygen atoms in total. The Kier molecular flexibility index (Phi) is 4.26. The summed E-state index contributed by atoms with van der Waals surface area (Å²) in [5.74, 6) is -1.57. The lowest BCUT2D eigenvalue weighted by Crippen LogP contribution is -2.28. The second kappa shape index (κ2) is 6.34. The molecule has 0 N–H and O–H groups in total. The summed E-state index contributed by atoms with van der Waals surface area (Å²) in [4.78, 5) is 28.7. The highest BCUT2D eigenvalue weighted by atomic mass is 35.5. The van der Waals surface area contributed by atoms with Crippen molar-refractivity contribution < 1.29 is 14.3 Å². The van der Waals surface area contributed by atoms with Crippen molar-refractivity contribution >= 4 is 34.8 Å². The number of hydrogen-bond donors (Lipinski definition) is 0. The van der Waals surface area contributed by atoms with Crippen molar-refractivity contribution in [2.75, 3.05) is 6.61 Å². The van der Waals surface area contributed by atoms with Gasteiger partial charge in [0.1, 0.15) is 5.57 Å². The zero-order valence-corrected chi connectivity index (χ0v) is 13.2. The SMILES string of the molecule is CCOC(=O)C1=C(c2ccccc2)C2C=C(Cl)C=CC2=NC1=O. The van der Waals surface area contributed by atoms with E-state index in [4.69, 9.17) is 16.3 Å². The van der Waals surface area contributed by atoms with Crippen molar-refractivity contribution in [3.8, 4) is 0 Å². The van der Waals surface area contributed by atoms with Crippen LogP contribution in [-0.2, 0) is 14.3 Å². The van der Waals surface area contributed by atoms with E-state index >= 15 is 0 Å². The second-order valence-electron chi connectivity index (χ2n) is 5.08. The van der Waals surface area contributed by atoms with Gasteiger partial charge in [-0.25, -0.2) is 9.79 Å². The number of benzene rings is 1. The molecule has 1 aliphatic carbocycles. The van der Waals surface area contributed by atoms with Crippen molar-refractivity contribution in [3.05, 3.63) is 64.7 Å². The number of nitrogens with zero attached hydrogens (tertiary/aromatic N) is 1. The number of carbonyl (C=O) groups is 2. The molecule has 116 valence electrons. The summed E-state index contributed by atoms with van der Waals surface area (Å²) in [6.45, 7) is 1.89. The molecule has 0 aromatic heterocycles. The number of rotatable bonds is 3. The molecular formula is C18H14ClNO3. The van der Waals surface area contributed by atoms with Gasteiger partial charge in [-0.1, -0.05) is 48.0 Å². The van der Waals surface area contributed by atoms with Crippen LogP contribution in [0.2, 0.25) is 0 Å². The molecule has 23 heavy (non-hydrogen) atoms. The summed E-state index contributed by atoms with van der Waals surface area (Å²) >= 11 is 6.11. The number of esters is 1. The highest BCUT2D eigenvalue weighted by Crippen LogP contribution is 2.37. The first-order valence-electron chi connectivity index (χ1n) is 7.27. The molecule has 1 aliphatic heterocycles. The molecule has 0 fully saturated rings. The summed E-state index contributed by atoms with van der Waals surface area (Å²) in [6.07, 6.45) is 5.17. The number of fused-ring (bicyclic) bond motifs is 1. The monoisotopic (exact) mass is 327 g/mol. The molecule has 2 aliphatic rings. The van der Waals surface area contributed by atoms with E-state index in [1.807, 2.05) is 30.3 Å². The minimum atomic E-state index is -0.654. The molecule has 1 amide bonds. The lowest BCUT2D eigenvalue weighted by Gasteiger charge is -2.26. The molecular weight excluding hydrogens is 314 g/mol. The first kappa shape index (κ1) is 15.4. The first-order chi connectivity index (χ1) is 11.1. The Hall–Kier alpha value is -2.46. The summed E-state index contributed by atoms with van der Waals surface area (Å²) in [7, 11) is 0. The van der Waals surface area contributed by atoms with E-state index < -0.39 is 11.9 Å². The Morgan fingerprint density at radius 2 is 2.00 bits per heavy atom. The third-order valence-electron chi connectivity index (χ3n) is 3.65. The van der Waals surface area contributed by atoms with Crippen LogP contribution < -0.4 is 0 Å². The minimum Gasteiger partial charge on any atom is -0.462 e. The van der Waals surface area contributed by atoms with Gasteiger partial charge in [0.05, 0.1) is 12.3 Å². The van der Waals surface area contributed by atoms with Crippen LogP contribution in [0.1, 0.15) is 12.5 Å². The van der Waals surface area contributed by atoms with Crippen LogP contribution in [0.3, 0.4) is 0 Å². The number of hydrogen-bond acceptors (Lipinski definition) is 3. The molecule has 5 heteroatoms. The Morgan fingerprint density at radius 3 is 2.70 bits per heavy atom. The third-order valence-corrected chi connectivity index (χ3v) is 3.90. The Labute approximate surface area is 138 Å². The van der Waals surface area contributed by atoms with Crippen molar-refractivity contribution in [1.29, 1.82) is 0 Å². The fourth-order valence-corrected chi connectivity index (χ4v) is 2.88. The van der Waals surface area contributed by atoms with Crippen LogP contribution in [0.4, 0.5) is 0 Å². The number of carbonyl (C=O) groups excluding carboxylic acids is 2. The van der Waals surface area contributed by atoms with Crippen LogP contribution in [-0.4, -0.2) is 24.2 Å². The van der Waals surface area contributed by atoms with E-state index in [2.05, 4.69) is 4.99 Å². The molecule has 0 spiro atoms. The van der Waals surface area contributed by atoms with Gasteiger partial charge in [0.15, 0.2) is 0 Å². The summed E-state index contributed by atoms with van der Waals surface area (Å²) < 4.78 is 5.05. The lowest BCUT2D eigenvalue weighted by molar-refractivity contribution is -0.139. The minimum absolute atomic E-state index is 0.0252.